The predicted molar refractivity (Wildman–Crippen MR) is 98.3 cm³/mol. The molecule has 2 aromatic rings. The molecular formula is C17H17ClN2O5S. The maximum absolute atomic E-state index is 12.2. The van der Waals surface area contributed by atoms with Gasteiger partial charge in [0.05, 0.1) is 21.2 Å². The van der Waals surface area contributed by atoms with Crippen LogP contribution in [-0.4, -0.2) is 45.6 Å². The minimum Gasteiger partial charge on any atom is -0.483 e. The van der Waals surface area contributed by atoms with E-state index >= 15 is 0 Å². The van der Waals surface area contributed by atoms with Crippen molar-refractivity contribution < 1.29 is 22.7 Å². The third kappa shape index (κ3) is 4.60. The molecule has 2 aromatic carbocycles. The molecule has 0 aliphatic heterocycles. The fraction of sp³-hybridized carbons (Fsp3) is 0.176. The number of halogens is 1. The molecular weight excluding hydrogens is 380 g/mol. The molecule has 26 heavy (non-hydrogen) atoms. The third-order valence-corrected chi connectivity index (χ3v) is 5.54. The Bertz CT molecular complexity index is 929. The maximum atomic E-state index is 12.2. The van der Waals surface area contributed by atoms with Crippen molar-refractivity contribution in [2.45, 2.75) is 4.90 Å². The molecule has 0 saturated carbocycles. The first-order valence-corrected chi connectivity index (χ1v) is 9.26. The van der Waals surface area contributed by atoms with Crippen LogP contribution < -0.4 is 10.1 Å². The Hall–Kier alpha value is -2.42. The van der Waals surface area contributed by atoms with Crippen molar-refractivity contribution in [1.29, 1.82) is 0 Å². The molecule has 2 rings (SSSR count). The van der Waals surface area contributed by atoms with Gasteiger partial charge in [-0.1, -0.05) is 23.7 Å². The molecule has 1 N–H and O–H groups in total. The number of hydrogen-bond donors (Lipinski definition) is 1. The quantitative estimate of drug-likeness (QED) is 0.725. The zero-order chi connectivity index (χ0) is 19.3. The molecule has 0 spiro atoms. The number of ether oxygens (including phenoxy) is 1. The number of para-hydroxylation sites is 1. The zero-order valence-corrected chi connectivity index (χ0v) is 15.7. The Balaban J connectivity index is 2.13. The van der Waals surface area contributed by atoms with E-state index in [9.17, 15) is 18.0 Å². The molecule has 9 heteroatoms. The van der Waals surface area contributed by atoms with Crippen LogP contribution in [0, 0.1) is 0 Å². The average molecular weight is 397 g/mol. The highest BCUT2D eigenvalue weighted by molar-refractivity contribution is 7.89. The number of carbonyl (C=O) groups excluding carboxylic acids is 2. The van der Waals surface area contributed by atoms with Gasteiger partial charge in [0.1, 0.15) is 5.75 Å². The normalized spacial score (nSPS) is 11.2. The summed E-state index contributed by atoms with van der Waals surface area (Å²) in [5.41, 5.74) is 0.462. The Morgan fingerprint density at radius 3 is 2.58 bits per heavy atom. The first kappa shape index (κ1) is 19.9. The molecule has 0 unspecified atom stereocenters. The zero-order valence-electron chi connectivity index (χ0n) is 14.1. The van der Waals surface area contributed by atoms with Crippen LogP contribution in [-0.2, 0) is 14.8 Å². The van der Waals surface area contributed by atoms with Gasteiger partial charge in [0.15, 0.2) is 12.9 Å². The highest BCUT2D eigenvalue weighted by Gasteiger charge is 2.19. The second-order valence-electron chi connectivity index (χ2n) is 5.42. The van der Waals surface area contributed by atoms with Crippen LogP contribution in [0.3, 0.4) is 0 Å². The van der Waals surface area contributed by atoms with Gasteiger partial charge in [-0.05, 0) is 30.3 Å². The van der Waals surface area contributed by atoms with Gasteiger partial charge in [0.25, 0.3) is 5.91 Å². The topological polar surface area (TPSA) is 92.8 Å². The summed E-state index contributed by atoms with van der Waals surface area (Å²) in [6.07, 6.45) is 0.625. The van der Waals surface area contributed by atoms with E-state index < -0.39 is 15.9 Å². The van der Waals surface area contributed by atoms with Gasteiger partial charge < -0.3 is 10.1 Å². The van der Waals surface area contributed by atoms with Crippen molar-refractivity contribution in [3.63, 3.8) is 0 Å². The van der Waals surface area contributed by atoms with Crippen LogP contribution in [0.2, 0.25) is 5.02 Å². The first-order chi connectivity index (χ1) is 12.3. The van der Waals surface area contributed by atoms with E-state index in [-0.39, 0.29) is 28.0 Å². The fourth-order valence-electron chi connectivity index (χ4n) is 2.01. The van der Waals surface area contributed by atoms with E-state index in [1.807, 2.05) is 0 Å². The van der Waals surface area contributed by atoms with E-state index in [1.165, 1.54) is 32.3 Å². The van der Waals surface area contributed by atoms with Gasteiger partial charge in [0, 0.05) is 14.1 Å². The summed E-state index contributed by atoms with van der Waals surface area (Å²) in [4.78, 5) is 23.0. The molecule has 0 bridgehead atoms. The highest BCUT2D eigenvalue weighted by atomic mass is 35.5. The maximum Gasteiger partial charge on any atom is 0.262 e. The number of carbonyl (C=O) groups is 2. The highest BCUT2D eigenvalue weighted by Crippen LogP contribution is 2.26. The van der Waals surface area contributed by atoms with Crippen molar-refractivity contribution in [3.05, 3.63) is 53.1 Å². The number of aldehydes is 1. The van der Waals surface area contributed by atoms with E-state index in [0.29, 0.717) is 11.8 Å². The minimum absolute atomic E-state index is 0.00517. The summed E-state index contributed by atoms with van der Waals surface area (Å²) >= 11 is 6.02. The van der Waals surface area contributed by atoms with Gasteiger partial charge >= 0.3 is 0 Å². The Morgan fingerprint density at radius 1 is 1.23 bits per heavy atom. The molecule has 0 aliphatic carbocycles. The lowest BCUT2D eigenvalue weighted by Crippen LogP contribution is -2.23. The Morgan fingerprint density at radius 2 is 1.92 bits per heavy atom. The second kappa shape index (κ2) is 8.31. The van der Waals surface area contributed by atoms with Gasteiger partial charge in [-0.25, -0.2) is 12.7 Å². The smallest absolute Gasteiger partial charge is 0.262 e. The van der Waals surface area contributed by atoms with Gasteiger partial charge in [-0.3, -0.25) is 9.59 Å². The summed E-state index contributed by atoms with van der Waals surface area (Å²) in [6.45, 7) is -0.369. The molecule has 0 atom stereocenters. The lowest BCUT2D eigenvalue weighted by atomic mass is 10.2. The summed E-state index contributed by atoms with van der Waals surface area (Å²) in [5.74, 6) is -0.278. The van der Waals surface area contributed by atoms with Crippen LogP contribution >= 0.6 is 11.6 Å². The molecule has 0 heterocycles. The van der Waals surface area contributed by atoms with E-state index in [2.05, 4.69) is 5.32 Å². The summed E-state index contributed by atoms with van der Waals surface area (Å²) in [6, 6.07) is 10.5. The minimum atomic E-state index is -3.66. The Kier molecular flexibility index (Phi) is 6.36. The number of rotatable bonds is 7. The molecule has 7 nitrogen and oxygen atoms in total. The molecule has 0 radical (unpaired) electrons. The molecule has 0 aliphatic rings. The van der Waals surface area contributed by atoms with Gasteiger partial charge in [-0.15, -0.1) is 0 Å². The number of nitrogens with one attached hydrogen (secondary N) is 1. The van der Waals surface area contributed by atoms with Gasteiger partial charge in [-0.2, -0.15) is 0 Å². The Labute approximate surface area is 156 Å². The summed E-state index contributed by atoms with van der Waals surface area (Å²) in [7, 11) is -0.856. The molecule has 0 saturated heterocycles. The van der Waals surface area contributed by atoms with Crippen molar-refractivity contribution in [2.75, 3.05) is 26.0 Å². The lowest BCUT2D eigenvalue weighted by molar-refractivity contribution is -0.118. The van der Waals surface area contributed by atoms with Gasteiger partial charge in [0.2, 0.25) is 10.0 Å². The number of nitrogens with zero attached hydrogens (tertiary/aromatic N) is 1. The van der Waals surface area contributed by atoms with Crippen molar-refractivity contribution in [1.82, 2.24) is 4.31 Å². The van der Waals surface area contributed by atoms with Crippen LogP contribution in [0.15, 0.2) is 47.4 Å². The van der Waals surface area contributed by atoms with E-state index in [4.69, 9.17) is 16.3 Å². The average Bonchev–Trinajstić information content (AvgIpc) is 2.61. The second-order valence-corrected chi connectivity index (χ2v) is 7.98. The standard InChI is InChI=1S/C17H17ClN2O5S/c1-20(2)26(23,24)13-7-8-14(18)15(9-13)19-17(22)11-25-16-6-4-3-5-12(16)10-21/h3-10H,11H2,1-2H3,(H,19,22). The number of amides is 1. The summed E-state index contributed by atoms with van der Waals surface area (Å²) < 4.78 is 30.7. The first-order valence-electron chi connectivity index (χ1n) is 7.44. The largest absolute Gasteiger partial charge is 0.483 e. The van der Waals surface area contributed by atoms with Crippen LogP contribution in [0.25, 0.3) is 0 Å². The predicted octanol–water partition coefficient (Wildman–Crippen LogP) is 2.42. The van der Waals surface area contributed by atoms with Crippen molar-refractivity contribution in [2.24, 2.45) is 0 Å². The van der Waals surface area contributed by atoms with E-state index in [0.717, 1.165) is 4.31 Å². The number of sulfonamides is 1. The van der Waals surface area contributed by atoms with Crippen LogP contribution in [0.4, 0.5) is 5.69 Å². The molecule has 0 aromatic heterocycles. The van der Waals surface area contributed by atoms with Crippen LogP contribution in [0.1, 0.15) is 10.4 Å². The fourth-order valence-corrected chi connectivity index (χ4v) is 3.10. The molecule has 138 valence electrons. The molecule has 0 fully saturated rings. The SMILES string of the molecule is CN(C)S(=O)(=O)c1ccc(Cl)c(NC(=O)COc2ccccc2C=O)c1. The summed E-state index contributed by atoms with van der Waals surface area (Å²) in [5, 5.41) is 2.69. The van der Waals surface area contributed by atoms with Crippen LogP contribution in [0.5, 0.6) is 5.75 Å². The van der Waals surface area contributed by atoms with E-state index in [1.54, 1.807) is 24.3 Å². The monoisotopic (exact) mass is 396 g/mol. The number of benzene rings is 2. The van der Waals surface area contributed by atoms with Crippen molar-refractivity contribution >= 4 is 39.5 Å². The molecule has 1 amide bonds. The van der Waals surface area contributed by atoms with Crippen molar-refractivity contribution in [3.8, 4) is 5.75 Å². The lowest BCUT2D eigenvalue weighted by Gasteiger charge is -2.14. The number of hydrogen-bond acceptors (Lipinski definition) is 5. The third-order valence-electron chi connectivity index (χ3n) is 3.40. The number of anilines is 1.